The molecule has 0 radical (unpaired) electrons. The van der Waals surface area contributed by atoms with E-state index in [1.54, 1.807) is 6.92 Å². The van der Waals surface area contributed by atoms with Crippen LogP contribution in [0, 0.1) is 24.5 Å². The fraction of sp³-hybridized carbons (Fsp3) is 0.389. The van der Waals surface area contributed by atoms with Crippen molar-refractivity contribution >= 4 is 5.91 Å². The van der Waals surface area contributed by atoms with E-state index >= 15 is 0 Å². The molecule has 0 unspecified atom stereocenters. The van der Waals surface area contributed by atoms with E-state index in [2.05, 4.69) is 15.3 Å². The second-order valence-corrected chi connectivity index (χ2v) is 6.60. The van der Waals surface area contributed by atoms with E-state index in [-0.39, 0.29) is 23.5 Å². The van der Waals surface area contributed by atoms with Crippen molar-refractivity contribution < 1.29 is 18.7 Å². The number of amides is 1. The van der Waals surface area contributed by atoms with Crippen LogP contribution in [-0.4, -0.2) is 27.1 Å². The van der Waals surface area contributed by atoms with Gasteiger partial charge in [0.15, 0.2) is 0 Å². The summed E-state index contributed by atoms with van der Waals surface area (Å²) in [7, 11) is 0. The van der Waals surface area contributed by atoms with Crippen LogP contribution < -0.4 is 10.9 Å². The maximum atomic E-state index is 14.2. The molecule has 1 atom stereocenters. The minimum atomic E-state index is -0.758. The molecule has 8 heteroatoms. The minimum Gasteiger partial charge on any atom is -0.393 e. The number of aliphatic hydroxyl groups excluding tert-OH is 1. The van der Waals surface area contributed by atoms with Crippen molar-refractivity contribution in [3.05, 3.63) is 63.3 Å². The maximum Gasteiger partial charge on any atom is 0.254 e. The van der Waals surface area contributed by atoms with Gasteiger partial charge in [-0.2, -0.15) is 0 Å². The van der Waals surface area contributed by atoms with Crippen molar-refractivity contribution in [2.75, 3.05) is 0 Å². The molecule has 1 heterocycles. The summed E-state index contributed by atoms with van der Waals surface area (Å²) in [6.45, 7) is 1.63. The maximum absolute atomic E-state index is 14.2. The lowest BCUT2D eigenvalue weighted by molar-refractivity contribution is -0.122. The van der Waals surface area contributed by atoms with Gasteiger partial charge in [-0.1, -0.05) is 6.07 Å². The lowest BCUT2D eigenvalue weighted by atomic mass is 9.75. The number of aromatic nitrogens is 2. The molecule has 0 spiro atoms. The lowest BCUT2D eigenvalue weighted by Crippen LogP contribution is -2.42. The van der Waals surface area contributed by atoms with Crippen molar-refractivity contribution in [3.8, 4) is 0 Å². The Kier molecular flexibility index (Phi) is 5.13. The van der Waals surface area contributed by atoms with Gasteiger partial charge in [-0.25, -0.2) is 13.8 Å². The van der Waals surface area contributed by atoms with Crippen molar-refractivity contribution in [3.63, 3.8) is 0 Å². The zero-order valence-electron chi connectivity index (χ0n) is 14.1. The van der Waals surface area contributed by atoms with Crippen molar-refractivity contribution in [1.82, 2.24) is 15.3 Å². The molecule has 1 aliphatic rings. The first kappa shape index (κ1) is 18.2. The van der Waals surface area contributed by atoms with Gasteiger partial charge in [0, 0.05) is 23.4 Å². The molecular weight excluding hydrogens is 344 g/mol. The molecular formula is C18H19F2N3O3. The average molecular weight is 363 g/mol. The Morgan fingerprint density at radius 1 is 1.42 bits per heavy atom. The van der Waals surface area contributed by atoms with Gasteiger partial charge in [0.2, 0.25) is 5.91 Å². The molecule has 1 aromatic carbocycles. The number of aliphatic hydroxyl groups is 1. The van der Waals surface area contributed by atoms with Gasteiger partial charge in [0.1, 0.15) is 17.5 Å². The van der Waals surface area contributed by atoms with E-state index in [1.807, 2.05) is 0 Å². The van der Waals surface area contributed by atoms with Gasteiger partial charge in [0.05, 0.1) is 18.6 Å². The number of carbonyl (C=O) groups is 1. The van der Waals surface area contributed by atoms with E-state index in [1.165, 1.54) is 12.3 Å². The second kappa shape index (κ2) is 7.33. The predicted molar refractivity (Wildman–Crippen MR) is 89.3 cm³/mol. The molecule has 0 aliphatic heterocycles. The highest BCUT2D eigenvalue weighted by Crippen LogP contribution is 2.39. The molecule has 1 amide bonds. The third kappa shape index (κ3) is 3.96. The van der Waals surface area contributed by atoms with Crippen LogP contribution in [0.15, 0.2) is 29.2 Å². The van der Waals surface area contributed by atoms with Gasteiger partial charge >= 0.3 is 0 Å². The predicted octanol–water partition coefficient (Wildman–Crippen LogP) is 1.53. The van der Waals surface area contributed by atoms with Crippen LogP contribution in [0.5, 0.6) is 0 Å². The Balaban J connectivity index is 1.79. The number of hydrogen-bond donors (Lipinski definition) is 3. The Hall–Kier alpha value is -2.61. The molecule has 0 bridgehead atoms. The van der Waals surface area contributed by atoms with Crippen molar-refractivity contribution in [2.45, 2.75) is 38.3 Å². The van der Waals surface area contributed by atoms with Crippen LogP contribution in [0.1, 0.15) is 35.8 Å². The van der Waals surface area contributed by atoms with Crippen LogP contribution in [-0.2, 0) is 11.2 Å². The highest BCUT2D eigenvalue weighted by atomic mass is 19.1. The number of rotatable bonds is 5. The fourth-order valence-corrected chi connectivity index (χ4v) is 3.14. The van der Waals surface area contributed by atoms with E-state index in [0.717, 1.165) is 12.1 Å². The summed E-state index contributed by atoms with van der Waals surface area (Å²) < 4.78 is 27.4. The number of H-pyrrole nitrogens is 1. The van der Waals surface area contributed by atoms with E-state index < -0.39 is 35.2 Å². The summed E-state index contributed by atoms with van der Waals surface area (Å²) in [6, 6.07) is 2.48. The summed E-state index contributed by atoms with van der Waals surface area (Å²) in [6.07, 6.45) is 1.45. The number of nitrogens with zero attached hydrogens (tertiary/aromatic N) is 1. The first-order valence-electron chi connectivity index (χ1n) is 8.30. The van der Waals surface area contributed by atoms with E-state index in [9.17, 15) is 23.5 Å². The standard InChI is InChI=1S/C18H19F2N3O3/c1-9-21-8-11(18(26)22-9)6-16(25)23-17(10-4-13(24)5-10)14-3-2-12(19)7-15(14)20/h2-3,7-8,10,13,17,24H,4-6H2,1H3,(H,23,25)(H,21,22,26)/t10?,13?,17-/m1/s1. The molecule has 26 heavy (non-hydrogen) atoms. The lowest BCUT2D eigenvalue weighted by Gasteiger charge is -2.38. The molecule has 2 aromatic rings. The molecule has 138 valence electrons. The summed E-state index contributed by atoms with van der Waals surface area (Å²) in [5.74, 6) is -1.66. The molecule has 1 fully saturated rings. The Morgan fingerprint density at radius 2 is 2.15 bits per heavy atom. The van der Waals surface area contributed by atoms with Crippen LogP contribution in [0.2, 0.25) is 0 Å². The number of halogens is 2. The highest BCUT2D eigenvalue weighted by molar-refractivity contribution is 5.79. The van der Waals surface area contributed by atoms with Crippen LogP contribution in [0.3, 0.4) is 0 Å². The third-order valence-electron chi connectivity index (χ3n) is 4.59. The van der Waals surface area contributed by atoms with Crippen LogP contribution in [0.25, 0.3) is 0 Å². The summed E-state index contributed by atoms with van der Waals surface area (Å²) >= 11 is 0. The van der Waals surface area contributed by atoms with Gasteiger partial charge in [-0.3, -0.25) is 9.59 Å². The smallest absolute Gasteiger partial charge is 0.254 e. The Morgan fingerprint density at radius 3 is 2.77 bits per heavy atom. The number of hydrogen-bond acceptors (Lipinski definition) is 4. The summed E-state index contributed by atoms with van der Waals surface area (Å²) in [5.41, 5.74) is -0.0520. The van der Waals surface area contributed by atoms with Gasteiger partial charge in [0.25, 0.3) is 5.56 Å². The largest absolute Gasteiger partial charge is 0.393 e. The SMILES string of the molecule is Cc1ncc(CC(=O)N[C@@H](c2ccc(F)cc2F)C2CC(O)C2)c(=O)[nH]1. The normalized spacial score (nSPS) is 20.3. The second-order valence-electron chi connectivity index (χ2n) is 6.60. The fourth-order valence-electron chi connectivity index (χ4n) is 3.14. The Bertz CT molecular complexity index is 878. The minimum absolute atomic E-state index is 0.160. The number of carbonyl (C=O) groups excluding carboxylic acids is 1. The van der Waals surface area contributed by atoms with Crippen molar-refractivity contribution in [1.29, 1.82) is 0 Å². The summed E-state index contributed by atoms with van der Waals surface area (Å²) in [4.78, 5) is 30.7. The quantitative estimate of drug-likeness (QED) is 0.751. The third-order valence-corrected chi connectivity index (χ3v) is 4.59. The molecule has 0 saturated heterocycles. The number of aromatic amines is 1. The number of aryl methyl sites for hydroxylation is 1. The molecule has 1 saturated carbocycles. The Labute approximate surface area is 148 Å². The molecule has 1 aliphatic carbocycles. The molecule has 6 nitrogen and oxygen atoms in total. The average Bonchev–Trinajstić information content (AvgIpc) is 2.53. The summed E-state index contributed by atoms with van der Waals surface area (Å²) in [5, 5.41) is 12.3. The molecule has 1 aromatic heterocycles. The monoisotopic (exact) mass is 363 g/mol. The van der Waals surface area contributed by atoms with E-state index in [4.69, 9.17) is 0 Å². The number of benzene rings is 1. The van der Waals surface area contributed by atoms with Crippen molar-refractivity contribution in [2.24, 2.45) is 5.92 Å². The first-order valence-corrected chi connectivity index (χ1v) is 8.30. The van der Waals surface area contributed by atoms with Gasteiger partial charge in [-0.15, -0.1) is 0 Å². The molecule has 3 rings (SSSR count). The topological polar surface area (TPSA) is 95.1 Å². The zero-order chi connectivity index (χ0) is 18.8. The first-order chi connectivity index (χ1) is 12.3. The highest BCUT2D eigenvalue weighted by Gasteiger charge is 2.37. The van der Waals surface area contributed by atoms with Gasteiger partial charge < -0.3 is 15.4 Å². The van der Waals surface area contributed by atoms with E-state index in [0.29, 0.717) is 18.7 Å². The van der Waals surface area contributed by atoms with Crippen LogP contribution in [0.4, 0.5) is 8.78 Å². The zero-order valence-corrected chi connectivity index (χ0v) is 14.1. The molecule has 3 N–H and O–H groups in total. The number of nitrogens with one attached hydrogen (secondary N) is 2. The van der Waals surface area contributed by atoms with Crippen LogP contribution >= 0.6 is 0 Å². The van der Waals surface area contributed by atoms with Gasteiger partial charge in [-0.05, 0) is 31.7 Å².